The van der Waals surface area contributed by atoms with Crippen molar-refractivity contribution in [2.24, 2.45) is 10.7 Å². The van der Waals surface area contributed by atoms with Gasteiger partial charge < -0.3 is 15.5 Å². The third-order valence-electron chi connectivity index (χ3n) is 3.58. The maximum atomic E-state index is 5.94. The summed E-state index contributed by atoms with van der Waals surface area (Å²) in [6.07, 6.45) is 8.67. The average Bonchev–Trinajstić information content (AvgIpc) is 3.04. The van der Waals surface area contributed by atoms with Crippen molar-refractivity contribution in [1.29, 1.82) is 0 Å². The van der Waals surface area contributed by atoms with E-state index in [2.05, 4.69) is 15.3 Å². The number of aromatic nitrogens is 2. The Morgan fingerprint density at radius 2 is 2.20 bits per heavy atom. The molecule has 0 spiro atoms. The van der Waals surface area contributed by atoms with E-state index in [1.165, 1.54) is 25.7 Å². The van der Waals surface area contributed by atoms with Crippen LogP contribution in [0.2, 0.25) is 5.02 Å². The largest absolute Gasteiger partial charge is 0.370 e. The van der Waals surface area contributed by atoms with Gasteiger partial charge in [0.2, 0.25) is 0 Å². The standard InChI is InChI=1S/C14H18ClN5/c15-10-5-6-13-18-12(9-20(13)8-10)7-17-14(16)19-11-3-1-2-4-11/h5-6,8-9,11H,1-4,7H2,(H3,16,17,19). The van der Waals surface area contributed by atoms with Crippen molar-refractivity contribution in [2.45, 2.75) is 38.3 Å². The van der Waals surface area contributed by atoms with Crippen LogP contribution >= 0.6 is 11.6 Å². The minimum absolute atomic E-state index is 0.477. The first kappa shape index (κ1) is 13.2. The molecule has 6 heteroatoms. The van der Waals surface area contributed by atoms with Gasteiger partial charge in [-0.2, -0.15) is 0 Å². The Balaban J connectivity index is 1.66. The van der Waals surface area contributed by atoms with E-state index in [9.17, 15) is 0 Å². The Morgan fingerprint density at radius 1 is 1.40 bits per heavy atom. The van der Waals surface area contributed by atoms with E-state index < -0.39 is 0 Å². The summed E-state index contributed by atoms with van der Waals surface area (Å²) in [5.41, 5.74) is 7.64. The van der Waals surface area contributed by atoms with Gasteiger partial charge in [-0.15, -0.1) is 0 Å². The second-order valence-corrected chi connectivity index (χ2v) is 5.61. The van der Waals surface area contributed by atoms with Gasteiger partial charge in [0.15, 0.2) is 5.96 Å². The van der Waals surface area contributed by atoms with Gasteiger partial charge in [-0.3, -0.25) is 0 Å². The lowest BCUT2D eigenvalue weighted by Crippen LogP contribution is -2.38. The van der Waals surface area contributed by atoms with Gasteiger partial charge >= 0.3 is 0 Å². The van der Waals surface area contributed by atoms with Gasteiger partial charge in [-0.25, -0.2) is 9.98 Å². The summed E-state index contributed by atoms with van der Waals surface area (Å²) in [5, 5.41) is 3.95. The van der Waals surface area contributed by atoms with Crippen LogP contribution in [-0.4, -0.2) is 21.4 Å². The van der Waals surface area contributed by atoms with Crippen LogP contribution in [0.3, 0.4) is 0 Å². The molecule has 0 amide bonds. The molecule has 2 aromatic rings. The summed E-state index contributed by atoms with van der Waals surface area (Å²) in [4.78, 5) is 8.82. The molecule has 3 rings (SSSR count). The zero-order valence-corrected chi connectivity index (χ0v) is 12.0. The predicted molar refractivity (Wildman–Crippen MR) is 80.9 cm³/mol. The molecule has 2 heterocycles. The van der Waals surface area contributed by atoms with Crippen LogP contribution in [0, 0.1) is 0 Å². The van der Waals surface area contributed by atoms with E-state index in [1.807, 2.05) is 28.9 Å². The zero-order chi connectivity index (χ0) is 13.9. The van der Waals surface area contributed by atoms with E-state index in [0.29, 0.717) is 23.6 Å². The number of rotatable bonds is 3. The summed E-state index contributed by atoms with van der Waals surface area (Å²) in [6, 6.07) is 4.20. The molecule has 1 fully saturated rings. The number of fused-ring (bicyclic) bond motifs is 1. The van der Waals surface area contributed by atoms with Crippen LogP contribution in [0.5, 0.6) is 0 Å². The number of guanidine groups is 1. The molecule has 0 unspecified atom stereocenters. The number of aliphatic imine (C=N–C) groups is 1. The molecule has 106 valence electrons. The van der Waals surface area contributed by atoms with Crippen molar-refractivity contribution >= 4 is 23.2 Å². The quantitative estimate of drug-likeness (QED) is 0.674. The molecule has 3 N–H and O–H groups in total. The Kier molecular flexibility index (Phi) is 3.78. The Morgan fingerprint density at radius 3 is 3.00 bits per heavy atom. The van der Waals surface area contributed by atoms with Crippen molar-refractivity contribution in [2.75, 3.05) is 0 Å². The van der Waals surface area contributed by atoms with Crippen molar-refractivity contribution in [3.63, 3.8) is 0 Å². The molecule has 0 saturated heterocycles. The number of nitrogens with two attached hydrogens (primary N) is 1. The number of imidazole rings is 1. The fourth-order valence-corrected chi connectivity index (χ4v) is 2.75. The molecule has 5 nitrogen and oxygen atoms in total. The topological polar surface area (TPSA) is 67.7 Å². The highest BCUT2D eigenvalue weighted by Gasteiger charge is 2.14. The van der Waals surface area contributed by atoms with Gasteiger partial charge in [0, 0.05) is 18.4 Å². The summed E-state index contributed by atoms with van der Waals surface area (Å²) in [6.45, 7) is 0.477. The second kappa shape index (κ2) is 5.71. The number of pyridine rings is 1. The lowest BCUT2D eigenvalue weighted by Gasteiger charge is -2.11. The maximum Gasteiger partial charge on any atom is 0.189 e. The first-order valence-electron chi connectivity index (χ1n) is 6.90. The highest BCUT2D eigenvalue weighted by Crippen LogP contribution is 2.17. The van der Waals surface area contributed by atoms with Crippen LogP contribution in [0.4, 0.5) is 0 Å². The Labute approximate surface area is 122 Å². The third kappa shape index (κ3) is 3.04. The average molecular weight is 292 g/mol. The van der Waals surface area contributed by atoms with Crippen LogP contribution in [0.1, 0.15) is 31.4 Å². The van der Waals surface area contributed by atoms with Gasteiger partial charge in [0.05, 0.1) is 17.3 Å². The molecular weight excluding hydrogens is 274 g/mol. The highest BCUT2D eigenvalue weighted by atomic mass is 35.5. The fraction of sp³-hybridized carbons (Fsp3) is 0.429. The van der Waals surface area contributed by atoms with E-state index in [0.717, 1.165) is 11.3 Å². The summed E-state index contributed by atoms with van der Waals surface area (Å²) in [7, 11) is 0. The van der Waals surface area contributed by atoms with Crippen molar-refractivity contribution in [3.05, 3.63) is 35.2 Å². The SMILES string of the molecule is NC(=NCc1cn2cc(Cl)ccc2n1)NC1CCCC1. The smallest absolute Gasteiger partial charge is 0.189 e. The predicted octanol–water partition coefficient (Wildman–Crippen LogP) is 2.33. The monoisotopic (exact) mass is 291 g/mol. The Hall–Kier alpha value is -1.75. The molecule has 20 heavy (non-hydrogen) atoms. The minimum Gasteiger partial charge on any atom is -0.370 e. The number of nitrogens with zero attached hydrogens (tertiary/aromatic N) is 3. The summed E-state index contributed by atoms with van der Waals surface area (Å²) in [5.74, 6) is 0.506. The highest BCUT2D eigenvalue weighted by molar-refractivity contribution is 6.30. The first-order valence-corrected chi connectivity index (χ1v) is 7.28. The van der Waals surface area contributed by atoms with Crippen LogP contribution in [-0.2, 0) is 6.54 Å². The van der Waals surface area contributed by atoms with Crippen LogP contribution in [0.25, 0.3) is 5.65 Å². The molecule has 1 saturated carbocycles. The van der Waals surface area contributed by atoms with Gasteiger partial charge in [0.1, 0.15) is 5.65 Å². The molecule has 1 aliphatic rings. The molecule has 0 radical (unpaired) electrons. The van der Waals surface area contributed by atoms with E-state index in [4.69, 9.17) is 17.3 Å². The molecule has 0 atom stereocenters. The van der Waals surface area contributed by atoms with Gasteiger partial charge in [-0.05, 0) is 25.0 Å². The Bertz CT molecular complexity index is 628. The zero-order valence-electron chi connectivity index (χ0n) is 11.2. The summed E-state index contributed by atoms with van der Waals surface area (Å²) < 4.78 is 1.90. The molecule has 0 aromatic carbocycles. The first-order chi connectivity index (χ1) is 9.70. The normalized spacial score (nSPS) is 16.9. The van der Waals surface area contributed by atoms with Gasteiger partial charge in [0.25, 0.3) is 0 Å². The molecule has 0 aliphatic heterocycles. The lowest BCUT2D eigenvalue weighted by molar-refractivity contribution is 0.625. The summed E-state index contributed by atoms with van der Waals surface area (Å²) >= 11 is 5.94. The molecule has 2 aromatic heterocycles. The van der Waals surface area contributed by atoms with E-state index >= 15 is 0 Å². The van der Waals surface area contributed by atoms with Gasteiger partial charge in [-0.1, -0.05) is 24.4 Å². The van der Waals surface area contributed by atoms with E-state index in [1.54, 1.807) is 0 Å². The maximum absolute atomic E-state index is 5.94. The van der Waals surface area contributed by atoms with Crippen molar-refractivity contribution in [1.82, 2.24) is 14.7 Å². The second-order valence-electron chi connectivity index (χ2n) is 5.17. The number of halogens is 1. The molecule has 1 aliphatic carbocycles. The lowest BCUT2D eigenvalue weighted by atomic mass is 10.2. The number of hydrogen-bond donors (Lipinski definition) is 2. The molecule has 0 bridgehead atoms. The number of nitrogens with one attached hydrogen (secondary N) is 1. The number of hydrogen-bond acceptors (Lipinski definition) is 2. The van der Waals surface area contributed by atoms with Crippen LogP contribution < -0.4 is 11.1 Å². The van der Waals surface area contributed by atoms with Crippen molar-refractivity contribution in [3.8, 4) is 0 Å². The van der Waals surface area contributed by atoms with Crippen LogP contribution in [0.15, 0.2) is 29.5 Å². The minimum atomic E-state index is 0.477. The molecular formula is C14H18ClN5. The third-order valence-corrected chi connectivity index (χ3v) is 3.81. The fourth-order valence-electron chi connectivity index (χ4n) is 2.58. The van der Waals surface area contributed by atoms with E-state index in [-0.39, 0.29) is 0 Å². The van der Waals surface area contributed by atoms with Crippen molar-refractivity contribution < 1.29 is 0 Å².